The van der Waals surface area contributed by atoms with Gasteiger partial charge in [-0.1, -0.05) is 0 Å². The molecule has 0 spiro atoms. The van der Waals surface area contributed by atoms with Crippen molar-refractivity contribution in [3.8, 4) is 0 Å². The van der Waals surface area contributed by atoms with Gasteiger partial charge in [0.2, 0.25) is 5.95 Å². The molecule has 0 saturated carbocycles. The summed E-state index contributed by atoms with van der Waals surface area (Å²) >= 11 is 0. The maximum Gasteiger partial charge on any atom is 0.223 e. The molecule has 0 atom stereocenters. The third-order valence-corrected chi connectivity index (χ3v) is 2.88. The van der Waals surface area contributed by atoms with Gasteiger partial charge in [-0.2, -0.15) is 5.10 Å². The Kier molecular flexibility index (Phi) is 3.08. The average Bonchev–Trinajstić information content (AvgIpc) is 2.51. The molecule has 0 aliphatic rings. The smallest absolute Gasteiger partial charge is 0.223 e. The molecule has 0 aliphatic heterocycles. The van der Waals surface area contributed by atoms with Crippen LogP contribution >= 0.6 is 0 Å². The molecule has 1 N–H and O–H groups in total. The second kappa shape index (κ2) is 4.53. The number of aromatic nitrogens is 4. The Morgan fingerprint density at radius 3 is 2.65 bits per heavy atom. The van der Waals surface area contributed by atoms with E-state index in [-0.39, 0.29) is 0 Å². The summed E-state index contributed by atoms with van der Waals surface area (Å²) in [7, 11) is 1.95. The Balaban J connectivity index is 2.12. The molecule has 0 bridgehead atoms. The van der Waals surface area contributed by atoms with Crippen molar-refractivity contribution in [2.45, 2.75) is 27.3 Å². The Labute approximate surface area is 101 Å². The fourth-order valence-corrected chi connectivity index (χ4v) is 1.77. The van der Waals surface area contributed by atoms with Crippen LogP contribution in [0.1, 0.15) is 22.6 Å². The van der Waals surface area contributed by atoms with Crippen molar-refractivity contribution in [2.75, 3.05) is 5.32 Å². The number of hydrogen-bond donors (Lipinski definition) is 1. The van der Waals surface area contributed by atoms with Gasteiger partial charge >= 0.3 is 0 Å². The van der Waals surface area contributed by atoms with E-state index in [2.05, 4.69) is 27.3 Å². The predicted molar refractivity (Wildman–Crippen MR) is 66.8 cm³/mol. The third-order valence-electron chi connectivity index (χ3n) is 2.88. The van der Waals surface area contributed by atoms with Crippen molar-refractivity contribution < 1.29 is 0 Å². The van der Waals surface area contributed by atoms with E-state index in [0.29, 0.717) is 12.5 Å². The van der Waals surface area contributed by atoms with E-state index >= 15 is 0 Å². The van der Waals surface area contributed by atoms with Gasteiger partial charge in [0.25, 0.3) is 0 Å². The van der Waals surface area contributed by atoms with E-state index in [9.17, 15) is 0 Å². The van der Waals surface area contributed by atoms with E-state index in [1.165, 1.54) is 11.3 Å². The Hall–Kier alpha value is -1.91. The minimum Gasteiger partial charge on any atom is -0.350 e. The fourth-order valence-electron chi connectivity index (χ4n) is 1.77. The summed E-state index contributed by atoms with van der Waals surface area (Å²) in [5.74, 6) is 0.660. The van der Waals surface area contributed by atoms with Gasteiger partial charge in [-0.15, -0.1) is 0 Å². The highest BCUT2D eigenvalue weighted by Gasteiger charge is 2.09. The van der Waals surface area contributed by atoms with Gasteiger partial charge < -0.3 is 5.32 Å². The molecule has 0 unspecified atom stereocenters. The number of aryl methyl sites for hydroxylation is 3. The molecule has 5 nitrogen and oxygen atoms in total. The Morgan fingerprint density at radius 1 is 1.29 bits per heavy atom. The molecule has 0 saturated heterocycles. The number of nitrogens with one attached hydrogen (secondary N) is 1. The van der Waals surface area contributed by atoms with Gasteiger partial charge in [-0.3, -0.25) is 4.68 Å². The van der Waals surface area contributed by atoms with E-state index < -0.39 is 0 Å². The largest absolute Gasteiger partial charge is 0.350 e. The molecule has 90 valence electrons. The molecular formula is C12H17N5. The maximum atomic E-state index is 4.38. The monoisotopic (exact) mass is 231 g/mol. The van der Waals surface area contributed by atoms with Crippen LogP contribution in [-0.2, 0) is 13.6 Å². The van der Waals surface area contributed by atoms with Crippen LogP contribution < -0.4 is 5.32 Å². The molecular weight excluding hydrogens is 214 g/mol. The fraction of sp³-hybridized carbons (Fsp3) is 0.417. The molecule has 2 heterocycles. The highest BCUT2D eigenvalue weighted by molar-refractivity contribution is 5.31. The van der Waals surface area contributed by atoms with Crippen molar-refractivity contribution in [1.82, 2.24) is 19.7 Å². The van der Waals surface area contributed by atoms with Crippen LogP contribution in [0.4, 0.5) is 5.95 Å². The lowest BCUT2D eigenvalue weighted by Gasteiger charge is -2.05. The normalized spacial score (nSPS) is 10.6. The summed E-state index contributed by atoms with van der Waals surface area (Å²) in [5.41, 5.74) is 4.38. The van der Waals surface area contributed by atoms with Crippen molar-refractivity contribution >= 4 is 5.95 Å². The third kappa shape index (κ3) is 2.43. The number of hydrogen-bond acceptors (Lipinski definition) is 4. The predicted octanol–water partition coefficient (Wildman–Crippen LogP) is 1.75. The van der Waals surface area contributed by atoms with Gasteiger partial charge in [0.05, 0.1) is 5.69 Å². The van der Waals surface area contributed by atoms with E-state index in [4.69, 9.17) is 0 Å². The van der Waals surface area contributed by atoms with Crippen LogP contribution in [0.25, 0.3) is 0 Å². The molecule has 2 rings (SSSR count). The summed E-state index contributed by atoms with van der Waals surface area (Å²) in [6, 6.07) is 1.88. The second-order valence-electron chi connectivity index (χ2n) is 4.15. The quantitative estimate of drug-likeness (QED) is 0.874. The zero-order valence-electron chi connectivity index (χ0n) is 10.7. The van der Waals surface area contributed by atoms with E-state index in [1.807, 2.05) is 31.6 Å². The minimum atomic E-state index is 0.660. The van der Waals surface area contributed by atoms with Gasteiger partial charge in [0, 0.05) is 36.7 Å². The van der Waals surface area contributed by atoms with Crippen LogP contribution in [0.2, 0.25) is 0 Å². The van der Waals surface area contributed by atoms with E-state index in [1.54, 1.807) is 6.20 Å². The van der Waals surface area contributed by atoms with Crippen LogP contribution in [-0.4, -0.2) is 19.7 Å². The molecule has 0 aromatic carbocycles. The Bertz CT molecular complexity index is 530. The summed E-state index contributed by atoms with van der Waals surface area (Å²) in [6.07, 6.45) is 1.76. The zero-order chi connectivity index (χ0) is 12.4. The van der Waals surface area contributed by atoms with Crippen LogP contribution in [0.5, 0.6) is 0 Å². The van der Waals surface area contributed by atoms with Crippen molar-refractivity contribution in [3.63, 3.8) is 0 Å². The first kappa shape index (κ1) is 11.6. The highest BCUT2D eigenvalue weighted by Crippen LogP contribution is 2.13. The van der Waals surface area contributed by atoms with Gasteiger partial charge in [-0.05, 0) is 26.8 Å². The lowest BCUT2D eigenvalue weighted by molar-refractivity contribution is 0.730. The molecule has 0 radical (unpaired) electrons. The standard InChI is InChI=1S/C12H17N5/c1-8-5-6-13-12(15-8)14-7-11-9(2)16-17(4)10(11)3/h5-6H,7H2,1-4H3,(H,13,14,15). The van der Waals surface area contributed by atoms with Crippen molar-refractivity contribution in [3.05, 3.63) is 34.9 Å². The minimum absolute atomic E-state index is 0.660. The van der Waals surface area contributed by atoms with Gasteiger partial charge in [0.1, 0.15) is 0 Å². The second-order valence-corrected chi connectivity index (χ2v) is 4.15. The molecule has 0 fully saturated rings. The molecule has 2 aromatic heterocycles. The number of rotatable bonds is 3. The molecule has 2 aromatic rings. The number of anilines is 1. The van der Waals surface area contributed by atoms with Crippen LogP contribution in [0.3, 0.4) is 0 Å². The van der Waals surface area contributed by atoms with Gasteiger partial charge in [-0.25, -0.2) is 9.97 Å². The van der Waals surface area contributed by atoms with Crippen LogP contribution in [0, 0.1) is 20.8 Å². The first-order valence-electron chi connectivity index (χ1n) is 5.60. The topological polar surface area (TPSA) is 55.6 Å². The molecule has 5 heteroatoms. The summed E-state index contributed by atoms with van der Waals surface area (Å²) < 4.78 is 1.89. The average molecular weight is 231 g/mol. The first-order valence-corrected chi connectivity index (χ1v) is 5.60. The summed E-state index contributed by atoms with van der Waals surface area (Å²) in [5, 5.41) is 7.60. The van der Waals surface area contributed by atoms with Gasteiger partial charge in [0.15, 0.2) is 0 Å². The highest BCUT2D eigenvalue weighted by atomic mass is 15.3. The first-order chi connectivity index (χ1) is 8.08. The van der Waals surface area contributed by atoms with Crippen molar-refractivity contribution in [1.29, 1.82) is 0 Å². The molecule has 0 aliphatic carbocycles. The zero-order valence-corrected chi connectivity index (χ0v) is 10.7. The summed E-state index contributed by atoms with van der Waals surface area (Å²) in [4.78, 5) is 8.48. The SMILES string of the molecule is Cc1ccnc(NCc2c(C)nn(C)c2C)n1. The molecule has 0 amide bonds. The van der Waals surface area contributed by atoms with Crippen molar-refractivity contribution in [2.24, 2.45) is 7.05 Å². The van der Waals surface area contributed by atoms with E-state index in [0.717, 1.165) is 11.4 Å². The lowest BCUT2D eigenvalue weighted by atomic mass is 10.2. The molecule has 17 heavy (non-hydrogen) atoms. The van der Waals surface area contributed by atoms with Crippen LogP contribution in [0.15, 0.2) is 12.3 Å². The number of nitrogens with zero attached hydrogens (tertiary/aromatic N) is 4. The maximum absolute atomic E-state index is 4.38. The lowest BCUT2D eigenvalue weighted by Crippen LogP contribution is -2.05. The Morgan fingerprint density at radius 2 is 2.06 bits per heavy atom. The summed E-state index contributed by atoms with van der Waals surface area (Å²) in [6.45, 7) is 6.73.